The highest BCUT2D eigenvalue weighted by atomic mass is 16.5. The first-order chi connectivity index (χ1) is 18.5. The molecule has 1 heterocycles. The van der Waals surface area contributed by atoms with Crippen molar-refractivity contribution >= 4 is 17.3 Å². The van der Waals surface area contributed by atoms with Gasteiger partial charge >= 0.3 is 0 Å². The molecule has 0 bridgehead atoms. The number of aliphatic hydroxyl groups is 1. The lowest BCUT2D eigenvalue weighted by Crippen LogP contribution is -2.15. The summed E-state index contributed by atoms with van der Waals surface area (Å²) < 4.78 is 7.01. The highest BCUT2D eigenvalue weighted by Gasteiger charge is 2.16. The standard InChI is InChI=1S/C31H28N4O3/c1-21-19-27(22-9-5-3-6-10-22)34-35(21)29-18-15-25(32-30(36)24-13-16-26(38-2)17-14-24)20-28(29)33-31(37)23-11-7-4-8-12-23/h3-20,31,33,37H,1-2H3,(H,32,36). The van der Waals surface area contributed by atoms with Gasteiger partial charge in [-0.1, -0.05) is 60.7 Å². The van der Waals surface area contributed by atoms with Crippen LogP contribution in [0.2, 0.25) is 0 Å². The molecule has 0 aliphatic carbocycles. The molecular weight excluding hydrogens is 476 g/mol. The Kier molecular flexibility index (Phi) is 7.19. The van der Waals surface area contributed by atoms with Gasteiger partial charge < -0.3 is 20.5 Å². The smallest absolute Gasteiger partial charge is 0.255 e. The molecule has 1 aromatic heterocycles. The summed E-state index contributed by atoms with van der Waals surface area (Å²) in [6.07, 6.45) is -0.966. The minimum Gasteiger partial charge on any atom is -0.497 e. The Morgan fingerprint density at radius 1 is 0.895 bits per heavy atom. The third kappa shape index (κ3) is 5.43. The van der Waals surface area contributed by atoms with Crippen LogP contribution < -0.4 is 15.4 Å². The largest absolute Gasteiger partial charge is 0.497 e. The third-order valence-corrected chi connectivity index (χ3v) is 6.20. The van der Waals surface area contributed by atoms with E-state index in [0.29, 0.717) is 28.3 Å². The van der Waals surface area contributed by atoms with Gasteiger partial charge in [0, 0.05) is 28.1 Å². The van der Waals surface area contributed by atoms with Crippen LogP contribution in [0.25, 0.3) is 16.9 Å². The van der Waals surface area contributed by atoms with Crippen molar-refractivity contribution in [1.29, 1.82) is 0 Å². The quantitative estimate of drug-likeness (QED) is 0.219. The van der Waals surface area contributed by atoms with Crippen LogP contribution in [-0.4, -0.2) is 27.9 Å². The molecule has 4 aromatic carbocycles. The summed E-state index contributed by atoms with van der Waals surface area (Å²) in [4.78, 5) is 12.9. The molecule has 38 heavy (non-hydrogen) atoms. The second kappa shape index (κ2) is 11.0. The maximum absolute atomic E-state index is 12.9. The van der Waals surface area contributed by atoms with Crippen molar-refractivity contribution in [2.75, 3.05) is 17.7 Å². The van der Waals surface area contributed by atoms with Crippen molar-refractivity contribution in [2.24, 2.45) is 0 Å². The number of carbonyl (C=O) groups is 1. The Hall–Kier alpha value is -4.88. The number of amides is 1. The molecule has 0 saturated carbocycles. The molecule has 0 saturated heterocycles. The maximum atomic E-state index is 12.9. The number of methoxy groups -OCH3 is 1. The second-order valence-electron chi connectivity index (χ2n) is 8.82. The van der Waals surface area contributed by atoms with Crippen LogP contribution in [0.4, 0.5) is 11.4 Å². The number of aryl methyl sites for hydroxylation is 1. The zero-order valence-electron chi connectivity index (χ0n) is 21.1. The lowest BCUT2D eigenvalue weighted by atomic mass is 10.1. The lowest BCUT2D eigenvalue weighted by molar-refractivity contribution is 0.102. The number of nitrogens with zero attached hydrogens (tertiary/aromatic N) is 2. The second-order valence-corrected chi connectivity index (χ2v) is 8.82. The number of ether oxygens (including phenoxy) is 1. The maximum Gasteiger partial charge on any atom is 0.255 e. The summed E-state index contributed by atoms with van der Waals surface area (Å²) in [5.41, 5.74) is 5.92. The number of aromatic nitrogens is 2. The van der Waals surface area contributed by atoms with E-state index in [0.717, 1.165) is 22.6 Å². The van der Waals surface area contributed by atoms with E-state index in [9.17, 15) is 9.90 Å². The Bertz CT molecular complexity index is 1530. The van der Waals surface area contributed by atoms with Crippen molar-refractivity contribution in [1.82, 2.24) is 9.78 Å². The van der Waals surface area contributed by atoms with Crippen molar-refractivity contribution in [3.8, 4) is 22.7 Å². The Morgan fingerprint density at radius 2 is 1.58 bits per heavy atom. The van der Waals surface area contributed by atoms with Crippen LogP contribution >= 0.6 is 0 Å². The molecule has 7 nitrogen and oxygen atoms in total. The summed E-state index contributed by atoms with van der Waals surface area (Å²) in [6, 6.07) is 33.7. The SMILES string of the molecule is COc1ccc(C(=O)Nc2ccc(-n3nc(-c4ccccc4)cc3C)c(NC(O)c3ccccc3)c2)cc1. The summed E-state index contributed by atoms with van der Waals surface area (Å²) in [7, 11) is 1.58. The van der Waals surface area contributed by atoms with Gasteiger partial charge in [-0.15, -0.1) is 0 Å². The highest BCUT2D eigenvalue weighted by molar-refractivity contribution is 6.04. The van der Waals surface area contributed by atoms with Gasteiger partial charge in [-0.25, -0.2) is 4.68 Å². The minimum atomic E-state index is -0.966. The fraction of sp³-hybridized carbons (Fsp3) is 0.0968. The zero-order chi connectivity index (χ0) is 26.5. The van der Waals surface area contributed by atoms with E-state index in [1.54, 1.807) is 37.4 Å². The summed E-state index contributed by atoms with van der Waals surface area (Å²) in [6.45, 7) is 1.98. The molecule has 0 spiro atoms. The highest BCUT2D eigenvalue weighted by Crippen LogP contribution is 2.30. The van der Waals surface area contributed by atoms with Crippen LogP contribution in [0.15, 0.2) is 109 Å². The van der Waals surface area contributed by atoms with Gasteiger partial charge in [-0.3, -0.25) is 4.79 Å². The van der Waals surface area contributed by atoms with Gasteiger partial charge in [0.25, 0.3) is 5.91 Å². The topological polar surface area (TPSA) is 88.4 Å². The van der Waals surface area contributed by atoms with Gasteiger partial charge in [-0.05, 0) is 55.5 Å². The molecule has 7 heteroatoms. The van der Waals surface area contributed by atoms with Gasteiger partial charge in [0.05, 0.1) is 24.2 Å². The Morgan fingerprint density at radius 3 is 2.26 bits per heavy atom. The number of aliphatic hydroxyl groups excluding tert-OH is 1. The summed E-state index contributed by atoms with van der Waals surface area (Å²) in [5.74, 6) is 0.424. The number of nitrogens with one attached hydrogen (secondary N) is 2. The van der Waals surface area contributed by atoms with Crippen LogP contribution in [0.1, 0.15) is 27.8 Å². The summed E-state index contributed by atoms with van der Waals surface area (Å²) >= 11 is 0. The predicted octanol–water partition coefficient (Wildman–Crippen LogP) is 6.21. The van der Waals surface area contributed by atoms with E-state index in [1.165, 1.54) is 0 Å². The minimum absolute atomic E-state index is 0.253. The van der Waals surface area contributed by atoms with Crippen molar-refractivity contribution in [3.63, 3.8) is 0 Å². The van der Waals surface area contributed by atoms with Gasteiger partial charge in [0.1, 0.15) is 5.75 Å². The normalized spacial score (nSPS) is 11.6. The Balaban J connectivity index is 1.49. The first-order valence-corrected chi connectivity index (χ1v) is 12.2. The number of hydrogen-bond acceptors (Lipinski definition) is 5. The van der Waals surface area contributed by atoms with Crippen molar-refractivity contribution in [2.45, 2.75) is 13.2 Å². The van der Waals surface area contributed by atoms with E-state index >= 15 is 0 Å². The van der Waals surface area contributed by atoms with Crippen LogP contribution in [0, 0.1) is 6.92 Å². The lowest BCUT2D eigenvalue weighted by Gasteiger charge is -2.19. The van der Waals surface area contributed by atoms with Gasteiger partial charge in [0.15, 0.2) is 6.23 Å². The number of carbonyl (C=O) groups excluding carboxylic acids is 1. The predicted molar refractivity (Wildman–Crippen MR) is 150 cm³/mol. The van der Waals surface area contributed by atoms with Crippen molar-refractivity contribution in [3.05, 3.63) is 126 Å². The zero-order valence-corrected chi connectivity index (χ0v) is 21.1. The van der Waals surface area contributed by atoms with Gasteiger partial charge in [0.2, 0.25) is 0 Å². The number of benzene rings is 4. The van der Waals surface area contributed by atoms with Crippen LogP contribution in [-0.2, 0) is 0 Å². The van der Waals surface area contributed by atoms with Crippen molar-refractivity contribution < 1.29 is 14.6 Å². The van der Waals surface area contributed by atoms with E-state index < -0.39 is 6.23 Å². The molecule has 0 radical (unpaired) electrons. The average molecular weight is 505 g/mol. The molecule has 1 unspecified atom stereocenters. The number of hydrogen-bond donors (Lipinski definition) is 3. The Labute approximate surface area is 221 Å². The molecule has 3 N–H and O–H groups in total. The fourth-order valence-corrected chi connectivity index (χ4v) is 4.19. The molecule has 0 fully saturated rings. The first-order valence-electron chi connectivity index (χ1n) is 12.2. The van der Waals surface area contributed by atoms with Gasteiger partial charge in [-0.2, -0.15) is 5.10 Å². The average Bonchev–Trinajstić information content (AvgIpc) is 3.35. The number of rotatable bonds is 8. The molecule has 1 amide bonds. The van der Waals surface area contributed by atoms with E-state index in [4.69, 9.17) is 9.84 Å². The molecular formula is C31H28N4O3. The van der Waals surface area contributed by atoms with Crippen LogP contribution in [0.3, 0.4) is 0 Å². The fourth-order valence-electron chi connectivity index (χ4n) is 4.19. The van der Waals surface area contributed by atoms with E-state index in [1.807, 2.05) is 90.5 Å². The van der Waals surface area contributed by atoms with E-state index in [-0.39, 0.29) is 5.91 Å². The molecule has 0 aliphatic heterocycles. The number of anilines is 2. The van der Waals surface area contributed by atoms with Crippen LogP contribution in [0.5, 0.6) is 5.75 Å². The monoisotopic (exact) mass is 504 g/mol. The molecule has 1 atom stereocenters. The van der Waals surface area contributed by atoms with E-state index in [2.05, 4.69) is 10.6 Å². The molecule has 5 aromatic rings. The summed E-state index contributed by atoms with van der Waals surface area (Å²) in [5, 5.41) is 21.9. The molecule has 0 aliphatic rings. The third-order valence-electron chi connectivity index (χ3n) is 6.20. The molecule has 5 rings (SSSR count). The first kappa shape index (κ1) is 24.8. The molecule has 190 valence electrons.